The number of halogens is 4. The van der Waals surface area contributed by atoms with Gasteiger partial charge in [0.25, 0.3) is 0 Å². The van der Waals surface area contributed by atoms with Gasteiger partial charge in [0.2, 0.25) is 17.8 Å². The molecular weight excluding hydrogens is 506 g/mol. The second kappa shape index (κ2) is 10.2. The summed E-state index contributed by atoms with van der Waals surface area (Å²) >= 11 is 0. The van der Waals surface area contributed by atoms with E-state index in [4.69, 9.17) is 0 Å². The maximum absolute atomic E-state index is 14.7. The number of amides is 1. The Labute approximate surface area is 216 Å². The monoisotopic (exact) mass is 535 g/mol. The first-order valence-corrected chi connectivity index (χ1v) is 11.9. The van der Waals surface area contributed by atoms with Crippen LogP contribution in [0.25, 0.3) is 11.0 Å². The number of piperidine rings is 1. The number of fused-ring (bicyclic) bond motifs is 1. The highest BCUT2D eigenvalue weighted by Gasteiger charge is 2.33. The normalized spacial score (nSPS) is 18.8. The standard InChI is InChI=1S/C25H29F4N7O2/c1-14-7-20-19(9-18(14)33-21(37)5-6-24(2,3)38)34-23(35(20)4)36-12-16(26)8-17(13-36)32-22-30-10-15(11-31-22)25(27,28)29/h5-7,9-11,16-17,38H,8,12-13H2,1-4H3,(H,33,37)(H,30,31,32)/b6-5+/t16-,17-/m1/s1. The fraction of sp³-hybridized carbons (Fsp3) is 0.440. The molecule has 0 saturated carbocycles. The van der Waals surface area contributed by atoms with Crippen molar-refractivity contribution < 1.29 is 27.5 Å². The van der Waals surface area contributed by atoms with E-state index in [9.17, 15) is 27.5 Å². The molecule has 2 aromatic heterocycles. The van der Waals surface area contributed by atoms with Crippen LogP contribution in [0.2, 0.25) is 0 Å². The second-order valence-electron chi connectivity index (χ2n) is 9.98. The van der Waals surface area contributed by atoms with Gasteiger partial charge in [-0.15, -0.1) is 0 Å². The van der Waals surface area contributed by atoms with E-state index in [2.05, 4.69) is 25.6 Å². The van der Waals surface area contributed by atoms with Crippen LogP contribution in [-0.4, -0.2) is 61.4 Å². The number of aliphatic hydroxyl groups is 1. The third-order valence-electron chi connectivity index (χ3n) is 6.10. The molecule has 1 aliphatic rings. The predicted molar refractivity (Wildman–Crippen MR) is 136 cm³/mol. The number of hydrogen-bond acceptors (Lipinski definition) is 7. The van der Waals surface area contributed by atoms with Gasteiger partial charge in [-0.2, -0.15) is 13.2 Å². The number of imidazole rings is 1. The van der Waals surface area contributed by atoms with E-state index < -0.39 is 35.5 Å². The molecule has 2 atom stereocenters. The fourth-order valence-electron chi connectivity index (χ4n) is 4.24. The quantitative estimate of drug-likeness (QED) is 0.324. The zero-order valence-electron chi connectivity index (χ0n) is 21.3. The molecule has 3 heterocycles. The Kier molecular flexibility index (Phi) is 7.33. The maximum atomic E-state index is 14.7. The molecule has 9 nitrogen and oxygen atoms in total. The summed E-state index contributed by atoms with van der Waals surface area (Å²) in [5.41, 5.74) is 0.618. The lowest BCUT2D eigenvalue weighted by Gasteiger charge is -2.35. The average Bonchev–Trinajstić information content (AvgIpc) is 3.12. The fourth-order valence-corrected chi connectivity index (χ4v) is 4.24. The van der Waals surface area contributed by atoms with Gasteiger partial charge in [0.05, 0.1) is 28.7 Å². The molecule has 3 N–H and O–H groups in total. The van der Waals surface area contributed by atoms with E-state index in [-0.39, 0.29) is 18.9 Å². The van der Waals surface area contributed by atoms with Crippen molar-refractivity contribution >= 4 is 34.5 Å². The summed E-state index contributed by atoms with van der Waals surface area (Å²) in [7, 11) is 1.80. The second-order valence-corrected chi connectivity index (χ2v) is 9.98. The first-order valence-electron chi connectivity index (χ1n) is 11.9. The van der Waals surface area contributed by atoms with Gasteiger partial charge < -0.3 is 25.2 Å². The number of anilines is 3. The van der Waals surface area contributed by atoms with E-state index >= 15 is 0 Å². The number of nitrogens with zero attached hydrogens (tertiary/aromatic N) is 5. The van der Waals surface area contributed by atoms with Crippen molar-refractivity contribution in [3.05, 3.63) is 47.8 Å². The Morgan fingerprint density at radius 1 is 1.18 bits per heavy atom. The lowest BCUT2D eigenvalue weighted by molar-refractivity contribution is -0.138. The maximum Gasteiger partial charge on any atom is 0.419 e. The molecule has 0 aliphatic carbocycles. The van der Waals surface area contributed by atoms with Crippen molar-refractivity contribution in [1.82, 2.24) is 19.5 Å². The lowest BCUT2D eigenvalue weighted by Crippen LogP contribution is -2.48. The largest absolute Gasteiger partial charge is 0.419 e. The van der Waals surface area contributed by atoms with Crippen LogP contribution in [0.4, 0.5) is 35.1 Å². The topological polar surface area (TPSA) is 108 Å². The molecule has 3 aromatic rings. The average molecular weight is 536 g/mol. The summed E-state index contributed by atoms with van der Waals surface area (Å²) in [4.78, 5) is 26.2. The molecule has 1 fully saturated rings. The van der Waals surface area contributed by atoms with E-state index in [1.807, 2.05) is 17.6 Å². The van der Waals surface area contributed by atoms with E-state index in [0.717, 1.165) is 11.1 Å². The van der Waals surface area contributed by atoms with Crippen molar-refractivity contribution in [3.63, 3.8) is 0 Å². The predicted octanol–water partition coefficient (Wildman–Crippen LogP) is 3.99. The number of aromatic nitrogens is 4. The molecular formula is C25H29F4N7O2. The third kappa shape index (κ3) is 6.39. The van der Waals surface area contributed by atoms with Gasteiger partial charge in [0.1, 0.15) is 6.17 Å². The van der Waals surface area contributed by atoms with Gasteiger partial charge in [-0.1, -0.05) is 0 Å². The number of alkyl halides is 4. The van der Waals surface area contributed by atoms with Gasteiger partial charge >= 0.3 is 6.18 Å². The molecule has 204 valence electrons. The van der Waals surface area contributed by atoms with Gasteiger partial charge in [0.15, 0.2) is 0 Å². The Morgan fingerprint density at radius 3 is 2.50 bits per heavy atom. The molecule has 1 aliphatic heterocycles. The zero-order valence-corrected chi connectivity index (χ0v) is 21.3. The van der Waals surface area contributed by atoms with Gasteiger partial charge in [-0.05, 0) is 44.5 Å². The van der Waals surface area contributed by atoms with Crippen molar-refractivity contribution in [3.8, 4) is 0 Å². The van der Waals surface area contributed by atoms with Gasteiger partial charge in [0, 0.05) is 50.2 Å². The number of benzene rings is 1. The van der Waals surface area contributed by atoms with E-state index in [1.54, 1.807) is 31.9 Å². The van der Waals surface area contributed by atoms with Crippen molar-refractivity contribution in [2.75, 3.05) is 28.6 Å². The molecule has 0 spiro atoms. The van der Waals surface area contributed by atoms with Gasteiger partial charge in [-0.3, -0.25) is 4.79 Å². The summed E-state index contributed by atoms with van der Waals surface area (Å²) < 4.78 is 54.9. The van der Waals surface area contributed by atoms with Crippen LogP contribution in [0.5, 0.6) is 0 Å². The van der Waals surface area contributed by atoms with Crippen LogP contribution in [-0.2, 0) is 18.0 Å². The van der Waals surface area contributed by atoms with Crippen molar-refractivity contribution in [2.45, 2.75) is 51.2 Å². The molecule has 1 aromatic carbocycles. The Bertz CT molecular complexity index is 1350. The highest BCUT2D eigenvalue weighted by Crippen LogP contribution is 2.30. The third-order valence-corrected chi connectivity index (χ3v) is 6.10. The molecule has 4 rings (SSSR count). The summed E-state index contributed by atoms with van der Waals surface area (Å²) in [6.07, 6.45) is -1.60. The van der Waals surface area contributed by atoms with Crippen LogP contribution < -0.4 is 15.5 Å². The van der Waals surface area contributed by atoms with Crippen LogP contribution in [0, 0.1) is 6.92 Å². The minimum atomic E-state index is -4.54. The zero-order chi connectivity index (χ0) is 27.8. The van der Waals surface area contributed by atoms with Crippen LogP contribution in [0.3, 0.4) is 0 Å². The summed E-state index contributed by atoms with van der Waals surface area (Å²) in [5, 5.41) is 15.5. The lowest BCUT2D eigenvalue weighted by atomic mass is 10.0. The Morgan fingerprint density at radius 2 is 1.87 bits per heavy atom. The van der Waals surface area contributed by atoms with Crippen LogP contribution in [0.1, 0.15) is 31.4 Å². The Hall–Kier alpha value is -3.74. The van der Waals surface area contributed by atoms with Gasteiger partial charge in [-0.25, -0.2) is 19.3 Å². The number of carbonyl (C=O) groups is 1. The molecule has 38 heavy (non-hydrogen) atoms. The van der Waals surface area contributed by atoms with Crippen molar-refractivity contribution in [1.29, 1.82) is 0 Å². The SMILES string of the molecule is Cc1cc2c(cc1NC(=O)/C=C/C(C)(C)O)nc(N1C[C@H](F)C[C@@H](Nc3ncc(C(F)(F)F)cn3)C1)n2C. The van der Waals surface area contributed by atoms with E-state index in [1.165, 1.54) is 12.2 Å². The summed E-state index contributed by atoms with van der Waals surface area (Å²) in [5.74, 6) is 0.0883. The highest BCUT2D eigenvalue weighted by atomic mass is 19.4. The molecule has 0 unspecified atom stereocenters. The van der Waals surface area contributed by atoms with Crippen LogP contribution >= 0.6 is 0 Å². The number of carbonyl (C=O) groups excluding carboxylic acids is 1. The minimum Gasteiger partial charge on any atom is -0.386 e. The number of nitrogens with one attached hydrogen (secondary N) is 2. The summed E-state index contributed by atoms with van der Waals surface area (Å²) in [6, 6.07) is 3.13. The number of aryl methyl sites for hydroxylation is 2. The molecule has 0 bridgehead atoms. The number of hydrogen-bond donors (Lipinski definition) is 3. The number of rotatable bonds is 6. The smallest absolute Gasteiger partial charge is 0.386 e. The molecule has 0 radical (unpaired) electrons. The van der Waals surface area contributed by atoms with Crippen molar-refractivity contribution in [2.24, 2.45) is 7.05 Å². The Balaban J connectivity index is 1.53. The van der Waals surface area contributed by atoms with E-state index in [0.29, 0.717) is 36.1 Å². The highest BCUT2D eigenvalue weighted by molar-refractivity contribution is 6.01. The molecule has 1 saturated heterocycles. The first kappa shape index (κ1) is 27.3. The summed E-state index contributed by atoms with van der Waals surface area (Å²) in [6.45, 7) is 5.37. The molecule has 1 amide bonds. The molecule has 13 heteroatoms. The minimum absolute atomic E-state index is 0.0169. The first-order chi connectivity index (χ1) is 17.7. The van der Waals surface area contributed by atoms with Crippen LogP contribution in [0.15, 0.2) is 36.7 Å².